The highest BCUT2D eigenvalue weighted by molar-refractivity contribution is 5.93. The molecule has 0 aliphatic rings. The first kappa shape index (κ1) is 15.6. The molecule has 0 N–H and O–H groups in total. The molecule has 0 spiro atoms. The Morgan fingerprint density at radius 1 is 1.59 bits per heavy atom. The molecule has 1 unspecified atom stereocenters. The van der Waals surface area contributed by atoms with Gasteiger partial charge in [-0.15, -0.1) is 0 Å². The first-order chi connectivity index (χ1) is 10.6. The number of nitriles is 1. The van der Waals surface area contributed by atoms with Crippen molar-refractivity contribution < 1.29 is 18.7 Å². The number of carbonyl (C=O) groups is 1. The number of furan rings is 1. The summed E-state index contributed by atoms with van der Waals surface area (Å²) in [7, 11) is 3.14. The number of carbonyl (C=O) groups excluding carboxylic acids is 1. The molecule has 2 aromatic rings. The molecule has 0 saturated carbocycles. The maximum absolute atomic E-state index is 12.2. The van der Waals surface area contributed by atoms with E-state index in [9.17, 15) is 4.79 Å². The molecule has 0 fully saturated rings. The highest BCUT2D eigenvalue weighted by Gasteiger charge is 2.23. The first-order valence-corrected chi connectivity index (χ1v) is 6.73. The molecular weight excluding hydrogens is 286 g/mol. The number of aromatic nitrogens is 2. The van der Waals surface area contributed by atoms with E-state index in [0.29, 0.717) is 23.8 Å². The standard InChI is InChI=1S/C15H17N3O4/c1-10-13(14(20-3)18(2)17-10)15(19)22-9-11(8-16)7-12-5-4-6-21-12/h4-6,11H,7,9H2,1-3H3. The summed E-state index contributed by atoms with van der Waals surface area (Å²) in [5.41, 5.74) is 0.795. The van der Waals surface area contributed by atoms with Crippen molar-refractivity contribution in [2.45, 2.75) is 13.3 Å². The summed E-state index contributed by atoms with van der Waals surface area (Å²) >= 11 is 0. The fourth-order valence-electron chi connectivity index (χ4n) is 2.17. The van der Waals surface area contributed by atoms with Crippen LogP contribution in [0.4, 0.5) is 0 Å². The third-order valence-electron chi connectivity index (χ3n) is 3.19. The minimum atomic E-state index is -0.554. The summed E-state index contributed by atoms with van der Waals surface area (Å²) in [5, 5.41) is 13.3. The molecule has 0 bridgehead atoms. The van der Waals surface area contributed by atoms with E-state index in [1.807, 2.05) is 0 Å². The number of rotatable bonds is 6. The molecule has 2 heterocycles. The quantitative estimate of drug-likeness (QED) is 0.757. The van der Waals surface area contributed by atoms with Gasteiger partial charge < -0.3 is 13.9 Å². The van der Waals surface area contributed by atoms with E-state index in [2.05, 4.69) is 11.2 Å². The molecule has 0 aliphatic heterocycles. The van der Waals surface area contributed by atoms with E-state index in [1.165, 1.54) is 11.8 Å². The highest BCUT2D eigenvalue weighted by Crippen LogP contribution is 2.22. The Balaban J connectivity index is 2.01. The number of hydrogen-bond donors (Lipinski definition) is 0. The summed E-state index contributed by atoms with van der Waals surface area (Å²) in [5.74, 6) is -0.0139. The lowest BCUT2D eigenvalue weighted by Gasteiger charge is -2.09. The molecule has 1 atom stereocenters. The van der Waals surface area contributed by atoms with Crippen LogP contribution >= 0.6 is 0 Å². The number of hydrogen-bond acceptors (Lipinski definition) is 6. The fourth-order valence-corrected chi connectivity index (χ4v) is 2.17. The van der Waals surface area contributed by atoms with Crippen LogP contribution in [0.1, 0.15) is 21.8 Å². The SMILES string of the molecule is COc1c(C(=O)OCC(C#N)Cc2ccco2)c(C)nn1C. The Morgan fingerprint density at radius 3 is 2.95 bits per heavy atom. The largest absolute Gasteiger partial charge is 0.481 e. The zero-order valence-corrected chi connectivity index (χ0v) is 12.7. The Bertz CT molecular complexity index is 682. The molecule has 22 heavy (non-hydrogen) atoms. The Kier molecular flexibility index (Phi) is 4.84. The van der Waals surface area contributed by atoms with Crippen molar-refractivity contribution in [1.82, 2.24) is 9.78 Å². The predicted molar refractivity (Wildman–Crippen MR) is 76.3 cm³/mol. The highest BCUT2D eigenvalue weighted by atomic mass is 16.5. The molecule has 0 radical (unpaired) electrons. The van der Waals surface area contributed by atoms with Gasteiger partial charge in [0.25, 0.3) is 0 Å². The molecule has 0 aliphatic carbocycles. The smallest absolute Gasteiger partial charge is 0.345 e. The van der Waals surface area contributed by atoms with E-state index in [4.69, 9.17) is 19.2 Å². The Hall–Kier alpha value is -2.75. The Morgan fingerprint density at radius 2 is 2.36 bits per heavy atom. The zero-order chi connectivity index (χ0) is 16.1. The number of ether oxygens (including phenoxy) is 2. The van der Waals surface area contributed by atoms with Gasteiger partial charge in [0, 0.05) is 13.5 Å². The van der Waals surface area contributed by atoms with Crippen LogP contribution in [0.5, 0.6) is 5.88 Å². The second-order valence-corrected chi connectivity index (χ2v) is 4.80. The maximum Gasteiger partial charge on any atom is 0.345 e. The summed E-state index contributed by atoms with van der Waals surface area (Å²) in [4.78, 5) is 12.2. The third kappa shape index (κ3) is 3.28. The minimum Gasteiger partial charge on any atom is -0.481 e. The minimum absolute atomic E-state index is 0.0203. The zero-order valence-electron chi connectivity index (χ0n) is 12.7. The van der Waals surface area contributed by atoms with Gasteiger partial charge in [-0.3, -0.25) is 0 Å². The summed E-state index contributed by atoms with van der Waals surface area (Å²) < 4.78 is 17.0. The Labute approximate surface area is 128 Å². The number of methoxy groups -OCH3 is 1. The molecule has 0 aromatic carbocycles. The van der Waals surface area contributed by atoms with Gasteiger partial charge in [-0.1, -0.05) is 0 Å². The van der Waals surface area contributed by atoms with E-state index in [-0.39, 0.29) is 12.2 Å². The van der Waals surface area contributed by atoms with Crippen molar-refractivity contribution in [2.24, 2.45) is 13.0 Å². The van der Waals surface area contributed by atoms with Crippen LogP contribution < -0.4 is 4.74 Å². The monoisotopic (exact) mass is 303 g/mol. The van der Waals surface area contributed by atoms with Crippen LogP contribution in [0, 0.1) is 24.2 Å². The molecule has 7 heteroatoms. The molecule has 2 aromatic heterocycles. The van der Waals surface area contributed by atoms with Crippen molar-refractivity contribution >= 4 is 5.97 Å². The van der Waals surface area contributed by atoms with Gasteiger partial charge in [0.1, 0.15) is 17.9 Å². The first-order valence-electron chi connectivity index (χ1n) is 6.73. The van der Waals surface area contributed by atoms with Gasteiger partial charge >= 0.3 is 5.97 Å². The van der Waals surface area contributed by atoms with Crippen molar-refractivity contribution in [3.05, 3.63) is 35.4 Å². The van der Waals surface area contributed by atoms with Crippen LogP contribution in [0.15, 0.2) is 22.8 Å². The summed E-state index contributed by atoms with van der Waals surface area (Å²) in [6.45, 7) is 1.68. The average Bonchev–Trinajstić information content (AvgIpc) is 3.10. The third-order valence-corrected chi connectivity index (χ3v) is 3.19. The lowest BCUT2D eigenvalue weighted by Crippen LogP contribution is -2.16. The topological polar surface area (TPSA) is 90.3 Å². The lowest BCUT2D eigenvalue weighted by molar-refractivity contribution is 0.0461. The predicted octanol–water partition coefficient (Wildman–Crippen LogP) is 1.87. The van der Waals surface area contributed by atoms with Gasteiger partial charge in [-0.2, -0.15) is 10.4 Å². The maximum atomic E-state index is 12.2. The van der Waals surface area contributed by atoms with Gasteiger partial charge in [-0.05, 0) is 19.1 Å². The molecular formula is C15H17N3O4. The van der Waals surface area contributed by atoms with E-state index in [1.54, 1.807) is 32.4 Å². The van der Waals surface area contributed by atoms with E-state index in [0.717, 1.165) is 0 Å². The van der Waals surface area contributed by atoms with Crippen LogP contribution in [-0.4, -0.2) is 29.5 Å². The van der Waals surface area contributed by atoms with E-state index >= 15 is 0 Å². The molecule has 0 amide bonds. The van der Waals surface area contributed by atoms with Crippen LogP contribution in [0.2, 0.25) is 0 Å². The van der Waals surface area contributed by atoms with Crippen molar-refractivity contribution in [1.29, 1.82) is 5.26 Å². The molecule has 116 valence electrons. The molecule has 0 saturated heterocycles. The lowest BCUT2D eigenvalue weighted by atomic mass is 10.1. The number of aryl methyl sites for hydroxylation is 2. The van der Waals surface area contributed by atoms with Gasteiger partial charge in [0.2, 0.25) is 5.88 Å². The van der Waals surface area contributed by atoms with Crippen molar-refractivity contribution in [3.63, 3.8) is 0 Å². The van der Waals surface area contributed by atoms with Crippen LogP contribution in [-0.2, 0) is 18.2 Å². The fraction of sp³-hybridized carbons (Fsp3) is 0.400. The second-order valence-electron chi connectivity index (χ2n) is 4.80. The molecule has 2 rings (SSSR count). The number of nitrogens with zero attached hydrogens (tertiary/aromatic N) is 3. The number of esters is 1. The van der Waals surface area contributed by atoms with Crippen LogP contribution in [0.25, 0.3) is 0 Å². The van der Waals surface area contributed by atoms with Crippen LogP contribution in [0.3, 0.4) is 0 Å². The second kappa shape index (κ2) is 6.80. The van der Waals surface area contributed by atoms with Crippen molar-refractivity contribution in [2.75, 3.05) is 13.7 Å². The van der Waals surface area contributed by atoms with Gasteiger partial charge in [0.05, 0.1) is 31.1 Å². The van der Waals surface area contributed by atoms with Gasteiger partial charge in [-0.25, -0.2) is 9.48 Å². The average molecular weight is 303 g/mol. The summed E-state index contributed by atoms with van der Waals surface area (Å²) in [6, 6.07) is 5.63. The van der Waals surface area contributed by atoms with E-state index < -0.39 is 11.9 Å². The molecule has 7 nitrogen and oxygen atoms in total. The van der Waals surface area contributed by atoms with Gasteiger partial charge in [0.15, 0.2) is 0 Å². The summed E-state index contributed by atoms with van der Waals surface area (Å²) in [6.07, 6.45) is 1.93. The normalized spacial score (nSPS) is 11.7. The van der Waals surface area contributed by atoms with Crippen molar-refractivity contribution in [3.8, 4) is 11.9 Å².